The Morgan fingerprint density at radius 2 is 1.88 bits per heavy atom. The zero-order valence-electron chi connectivity index (χ0n) is 8.33. The number of anilines is 1. The summed E-state index contributed by atoms with van der Waals surface area (Å²) in [6.45, 7) is 0.121. The molecule has 1 heterocycles. The second-order valence-electron chi connectivity index (χ2n) is 2.63. The number of nitrogens with zero attached hydrogens (tertiary/aromatic N) is 1. The van der Waals surface area contributed by atoms with E-state index in [9.17, 15) is 0 Å². The van der Waals surface area contributed by atoms with Crippen molar-refractivity contribution < 1.29 is 24.9 Å². The molecular formula is C9H12N2O5. The fraction of sp³-hybridized carbons (Fsp3) is 0.222. The zero-order chi connectivity index (χ0) is 12.6. The fourth-order valence-corrected chi connectivity index (χ4v) is 0.783. The summed E-state index contributed by atoms with van der Waals surface area (Å²) in [5, 5.41) is 23.3. The van der Waals surface area contributed by atoms with Crippen LogP contribution in [0.15, 0.2) is 18.3 Å². The maximum Gasteiger partial charge on any atom is 0.414 e. The third-order valence-corrected chi connectivity index (χ3v) is 1.49. The predicted octanol–water partition coefficient (Wildman–Crippen LogP) is -0.646. The molecule has 0 amide bonds. The predicted molar refractivity (Wildman–Crippen MR) is 54.7 cm³/mol. The van der Waals surface area contributed by atoms with Crippen LogP contribution in [0.25, 0.3) is 0 Å². The van der Waals surface area contributed by atoms with Gasteiger partial charge < -0.3 is 21.1 Å². The quantitative estimate of drug-likeness (QED) is 0.494. The number of carbonyl (C=O) groups is 2. The molecule has 16 heavy (non-hydrogen) atoms. The SMILES string of the molecule is Nc1ncccc1CCO.O=C(O)C(=O)O. The first-order chi connectivity index (χ1) is 7.49. The average Bonchev–Trinajstić information content (AvgIpc) is 2.22. The van der Waals surface area contributed by atoms with Crippen molar-refractivity contribution >= 4 is 17.8 Å². The van der Waals surface area contributed by atoms with Gasteiger partial charge in [-0.3, -0.25) is 0 Å². The second kappa shape index (κ2) is 7.18. The third-order valence-electron chi connectivity index (χ3n) is 1.49. The van der Waals surface area contributed by atoms with Crippen LogP contribution >= 0.6 is 0 Å². The van der Waals surface area contributed by atoms with Gasteiger partial charge in [-0.2, -0.15) is 0 Å². The molecule has 5 N–H and O–H groups in total. The van der Waals surface area contributed by atoms with E-state index in [0.717, 1.165) is 5.56 Å². The summed E-state index contributed by atoms with van der Waals surface area (Å²) in [6, 6.07) is 3.67. The van der Waals surface area contributed by atoms with Crippen molar-refractivity contribution in [2.24, 2.45) is 0 Å². The fourth-order valence-electron chi connectivity index (χ4n) is 0.783. The summed E-state index contributed by atoms with van der Waals surface area (Å²) >= 11 is 0. The van der Waals surface area contributed by atoms with Gasteiger partial charge in [0.2, 0.25) is 0 Å². The molecule has 0 aliphatic rings. The van der Waals surface area contributed by atoms with Crippen molar-refractivity contribution in [3.8, 4) is 0 Å². The van der Waals surface area contributed by atoms with E-state index in [2.05, 4.69) is 4.98 Å². The number of carboxylic acid groups (broad SMARTS) is 2. The van der Waals surface area contributed by atoms with E-state index in [1.54, 1.807) is 12.3 Å². The number of carboxylic acids is 2. The van der Waals surface area contributed by atoms with Gasteiger partial charge in [-0.15, -0.1) is 0 Å². The van der Waals surface area contributed by atoms with Crippen LogP contribution in [0.2, 0.25) is 0 Å². The number of hydrogen-bond acceptors (Lipinski definition) is 5. The molecule has 0 radical (unpaired) electrons. The van der Waals surface area contributed by atoms with Gasteiger partial charge in [0.25, 0.3) is 0 Å². The summed E-state index contributed by atoms with van der Waals surface area (Å²) in [4.78, 5) is 22.1. The van der Waals surface area contributed by atoms with Crippen molar-refractivity contribution in [2.75, 3.05) is 12.3 Å². The van der Waals surface area contributed by atoms with Crippen molar-refractivity contribution in [2.45, 2.75) is 6.42 Å². The monoisotopic (exact) mass is 228 g/mol. The van der Waals surface area contributed by atoms with Crippen molar-refractivity contribution in [1.82, 2.24) is 4.98 Å². The standard InChI is InChI=1S/C7H10N2O.C2H2O4/c8-7-6(3-5-10)2-1-4-9-7;3-1(4)2(5)6/h1-2,4,10H,3,5H2,(H2,8,9);(H,3,4)(H,5,6). The van der Waals surface area contributed by atoms with Crippen LogP contribution in [0, 0.1) is 0 Å². The van der Waals surface area contributed by atoms with Gasteiger partial charge in [0, 0.05) is 12.8 Å². The maximum absolute atomic E-state index is 9.10. The molecule has 0 spiro atoms. The lowest BCUT2D eigenvalue weighted by atomic mass is 10.2. The van der Waals surface area contributed by atoms with E-state index in [4.69, 9.17) is 30.6 Å². The number of aromatic nitrogens is 1. The third kappa shape index (κ3) is 5.55. The van der Waals surface area contributed by atoms with Crippen LogP contribution in [-0.4, -0.2) is 38.8 Å². The molecule has 0 fully saturated rings. The van der Waals surface area contributed by atoms with Crippen molar-refractivity contribution in [3.05, 3.63) is 23.9 Å². The Hall–Kier alpha value is -2.15. The largest absolute Gasteiger partial charge is 0.473 e. The van der Waals surface area contributed by atoms with Crippen LogP contribution in [0.5, 0.6) is 0 Å². The summed E-state index contributed by atoms with van der Waals surface area (Å²) in [5.41, 5.74) is 6.39. The topological polar surface area (TPSA) is 134 Å². The maximum atomic E-state index is 9.10. The molecule has 0 atom stereocenters. The number of aliphatic carboxylic acids is 2. The van der Waals surface area contributed by atoms with E-state index < -0.39 is 11.9 Å². The smallest absolute Gasteiger partial charge is 0.414 e. The van der Waals surface area contributed by atoms with Gasteiger partial charge in [-0.05, 0) is 18.1 Å². The van der Waals surface area contributed by atoms with Crippen LogP contribution in [0.1, 0.15) is 5.56 Å². The van der Waals surface area contributed by atoms with E-state index in [0.29, 0.717) is 12.2 Å². The Balaban J connectivity index is 0.000000325. The lowest BCUT2D eigenvalue weighted by molar-refractivity contribution is -0.159. The highest BCUT2D eigenvalue weighted by molar-refractivity contribution is 6.27. The Bertz CT molecular complexity index is 355. The van der Waals surface area contributed by atoms with Gasteiger partial charge in [-0.25, -0.2) is 14.6 Å². The molecule has 0 aromatic carbocycles. The van der Waals surface area contributed by atoms with Gasteiger partial charge in [0.15, 0.2) is 0 Å². The van der Waals surface area contributed by atoms with E-state index in [-0.39, 0.29) is 6.61 Å². The molecule has 1 aromatic heterocycles. The lowest BCUT2D eigenvalue weighted by Crippen LogP contribution is -2.09. The summed E-state index contributed by atoms with van der Waals surface area (Å²) in [6.07, 6.45) is 2.22. The highest BCUT2D eigenvalue weighted by Crippen LogP contribution is 2.06. The summed E-state index contributed by atoms with van der Waals surface area (Å²) < 4.78 is 0. The number of nitrogen functional groups attached to an aromatic ring is 1. The van der Waals surface area contributed by atoms with Gasteiger partial charge >= 0.3 is 11.9 Å². The normalized spacial score (nSPS) is 8.81. The minimum absolute atomic E-state index is 0.121. The number of aliphatic hydroxyl groups excluding tert-OH is 1. The van der Waals surface area contributed by atoms with Crippen LogP contribution in [0.3, 0.4) is 0 Å². The Morgan fingerprint density at radius 3 is 2.25 bits per heavy atom. The first-order valence-electron chi connectivity index (χ1n) is 4.25. The first kappa shape index (κ1) is 13.8. The minimum Gasteiger partial charge on any atom is -0.473 e. The molecule has 0 aliphatic heterocycles. The zero-order valence-corrected chi connectivity index (χ0v) is 8.33. The summed E-state index contributed by atoms with van der Waals surface area (Å²) in [7, 11) is 0. The number of nitrogens with two attached hydrogens (primary N) is 1. The average molecular weight is 228 g/mol. The van der Waals surface area contributed by atoms with Crippen molar-refractivity contribution in [1.29, 1.82) is 0 Å². The molecule has 1 aromatic rings. The second-order valence-corrected chi connectivity index (χ2v) is 2.63. The highest BCUT2D eigenvalue weighted by atomic mass is 16.4. The number of hydrogen-bond donors (Lipinski definition) is 4. The van der Waals surface area contributed by atoms with Gasteiger partial charge in [0.05, 0.1) is 0 Å². The number of rotatable bonds is 2. The number of pyridine rings is 1. The van der Waals surface area contributed by atoms with Gasteiger partial charge in [-0.1, -0.05) is 6.07 Å². The van der Waals surface area contributed by atoms with E-state index >= 15 is 0 Å². The first-order valence-corrected chi connectivity index (χ1v) is 4.25. The molecule has 88 valence electrons. The van der Waals surface area contributed by atoms with Crippen LogP contribution < -0.4 is 5.73 Å². The molecule has 0 saturated carbocycles. The molecule has 7 nitrogen and oxygen atoms in total. The van der Waals surface area contributed by atoms with Gasteiger partial charge in [0.1, 0.15) is 5.82 Å². The lowest BCUT2D eigenvalue weighted by Gasteiger charge is -1.99. The molecule has 1 rings (SSSR count). The Labute approximate surface area is 91.2 Å². The minimum atomic E-state index is -1.82. The Morgan fingerprint density at radius 1 is 1.31 bits per heavy atom. The molecule has 7 heteroatoms. The van der Waals surface area contributed by atoms with Crippen LogP contribution in [-0.2, 0) is 16.0 Å². The Kier molecular flexibility index (Phi) is 6.22. The molecule has 0 unspecified atom stereocenters. The van der Waals surface area contributed by atoms with E-state index in [1.807, 2.05) is 6.07 Å². The van der Waals surface area contributed by atoms with E-state index in [1.165, 1.54) is 0 Å². The van der Waals surface area contributed by atoms with Crippen LogP contribution in [0.4, 0.5) is 5.82 Å². The van der Waals surface area contributed by atoms with Crippen molar-refractivity contribution in [3.63, 3.8) is 0 Å². The molecule has 0 saturated heterocycles. The molecule has 0 bridgehead atoms. The summed E-state index contributed by atoms with van der Waals surface area (Å²) in [5.74, 6) is -3.14. The molecule has 0 aliphatic carbocycles. The number of aliphatic hydroxyl groups is 1. The highest BCUT2D eigenvalue weighted by Gasteiger charge is 2.04. The molecular weight excluding hydrogens is 216 g/mol.